The first kappa shape index (κ1) is 13.4. The summed E-state index contributed by atoms with van der Waals surface area (Å²) in [7, 11) is 1.57. The van der Waals surface area contributed by atoms with E-state index in [9.17, 15) is 4.39 Å². The van der Waals surface area contributed by atoms with Gasteiger partial charge in [0.05, 0.1) is 7.11 Å². The Labute approximate surface area is 111 Å². The fraction of sp³-hybridized carbons (Fsp3) is 0.200. The van der Waals surface area contributed by atoms with Crippen LogP contribution in [0, 0.1) is 5.82 Å². The van der Waals surface area contributed by atoms with Crippen molar-refractivity contribution in [2.45, 2.75) is 13.0 Å². The van der Waals surface area contributed by atoms with E-state index < -0.39 is 5.82 Å². The molecule has 2 aromatic carbocycles. The van der Waals surface area contributed by atoms with Gasteiger partial charge in [-0.3, -0.25) is 0 Å². The summed E-state index contributed by atoms with van der Waals surface area (Å²) in [6.45, 7) is 1.80. The van der Waals surface area contributed by atoms with Crippen LogP contribution in [0.5, 0.6) is 17.2 Å². The second kappa shape index (κ2) is 5.71. The highest BCUT2D eigenvalue weighted by Crippen LogP contribution is 2.28. The third-order valence-corrected chi connectivity index (χ3v) is 2.75. The van der Waals surface area contributed by atoms with Crippen LogP contribution in [-0.4, -0.2) is 7.11 Å². The molecule has 0 aliphatic rings. The van der Waals surface area contributed by atoms with Crippen molar-refractivity contribution in [1.29, 1.82) is 0 Å². The molecule has 0 heterocycles. The maximum absolute atomic E-state index is 13.9. The van der Waals surface area contributed by atoms with Crippen molar-refractivity contribution in [2.24, 2.45) is 5.73 Å². The zero-order chi connectivity index (χ0) is 13.8. The molecule has 4 heteroatoms. The van der Waals surface area contributed by atoms with Crippen LogP contribution in [-0.2, 0) is 0 Å². The highest BCUT2D eigenvalue weighted by atomic mass is 19.1. The van der Waals surface area contributed by atoms with Crippen LogP contribution in [0.15, 0.2) is 42.5 Å². The summed E-state index contributed by atoms with van der Waals surface area (Å²) in [4.78, 5) is 0. The highest BCUT2D eigenvalue weighted by Gasteiger charge is 2.08. The summed E-state index contributed by atoms with van der Waals surface area (Å²) < 4.78 is 24.4. The van der Waals surface area contributed by atoms with Crippen molar-refractivity contribution < 1.29 is 13.9 Å². The summed E-state index contributed by atoms with van der Waals surface area (Å²) in [5.74, 6) is 0.909. The van der Waals surface area contributed by atoms with Crippen molar-refractivity contribution in [3.8, 4) is 17.2 Å². The first-order valence-corrected chi connectivity index (χ1v) is 5.97. The Kier molecular flexibility index (Phi) is 4.02. The third-order valence-electron chi connectivity index (χ3n) is 2.75. The number of benzene rings is 2. The van der Waals surface area contributed by atoms with Gasteiger partial charge in [0.2, 0.25) is 0 Å². The maximum atomic E-state index is 13.9. The average molecular weight is 261 g/mol. The number of ether oxygens (including phenoxy) is 2. The van der Waals surface area contributed by atoms with Gasteiger partial charge in [0, 0.05) is 12.1 Å². The molecular formula is C15H16FNO2. The summed E-state index contributed by atoms with van der Waals surface area (Å²) in [6.07, 6.45) is 0. The molecule has 0 bridgehead atoms. The highest BCUT2D eigenvalue weighted by molar-refractivity contribution is 5.38. The van der Waals surface area contributed by atoms with E-state index in [4.69, 9.17) is 15.2 Å². The topological polar surface area (TPSA) is 44.5 Å². The predicted molar refractivity (Wildman–Crippen MR) is 72.1 cm³/mol. The van der Waals surface area contributed by atoms with Crippen LogP contribution in [0.2, 0.25) is 0 Å². The largest absolute Gasteiger partial charge is 0.497 e. The Hall–Kier alpha value is -2.07. The van der Waals surface area contributed by atoms with E-state index in [0.29, 0.717) is 11.5 Å². The van der Waals surface area contributed by atoms with Crippen LogP contribution >= 0.6 is 0 Å². The zero-order valence-corrected chi connectivity index (χ0v) is 10.9. The Morgan fingerprint density at radius 2 is 1.84 bits per heavy atom. The molecule has 0 saturated heterocycles. The fourth-order valence-electron chi connectivity index (χ4n) is 1.67. The average Bonchev–Trinajstić information content (AvgIpc) is 2.41. The van der Waals surface area contributed by atoms with E-state index in [1.54, 1.807) is 50.4 Å². The summed E-state index contributed by atoms with van der Waals surface area (Å²) in [6, 6.07) is 11.5. The fourth-order valence-corrected chi connectivity index (χ4v) is 1.67. The number of nitrogens with two attached hydrogens (primary N) is 1. The molecule has 0 unspecified atom stereocenters. The number of halogens is 1. The lowest BCUT2D eigenvalue weighted by Crippen LogP contribution is -2.05. The van der Waals surface area contributed by atoms with Crippen LogP contribution in [0.3, 0.4) is 0 Å². The molecule has 3 nitrogen and oxygen atoms in total. The molecule has 0 radical (unpaired) electrons. The minimum Gasteiger partial charge on any atom is -0.497 e. The quantitative estimate of drug-likeness (QED) is 0.913. The van der Waals surface area contributed by atoms with Crippen LogP contribution in [0.25, 0.3) is 0 Å². The van der Waals surface area contributed by atoms with Gasteiger partial charge in [-0.2, -0.15) is 0 Å². The van der Waals surface area contributed by atoms with E-state index in [1.807, 2.05) is 0 Å². The number of hydrogen-bond acceptors (Lipinski definition) is 3. The normalized spacial score (nSPS) is 12.0. The molecular weight excluding hydrogens is 245 g/mol. The molecule has 19 heavy (non-hydrogen) atoms. The lowest BCUT2D eigenvalue weighted by Gasteiger charge is -2.10. The lowest BCUT2D eigenvalue weighted by molar-refractivity contribution is 0.405. The Balaban J connectivity index is 2.23. The molecule has 0 aromatic heterocycles. The molecule has 0 spiro atoms. The van der Waals surface area contributed by atoms with Crippen molar-refractivity contribution in [3.05, 3.63) is 53.8 Å². The molecule has 100 valence electrons. The summed E-state index contributed by atoms with van der Waals surface area (Å²) in [5.41, 5.74) is 6.43. The van der Waals surface area contributed by atoms with Gasteiger partial charge in [-0.05, 0) is 36.8 Å². The van der Waals surface area contributed by atoms with Gasteiger partial charge < -0.3 is 15.2 Å². The summed E-state index contributed by atoms with van der Waals surface area (Å²) >= 11 is 0. The van der Waals surface area contributed by atoms with Gasteiger partial charge in [-0.25, -0.2) is 4.39 Å². The predicted octanol–water partition coefficient (Wildman–Crippen LogP) is 3.65. The van der Waals surface area contributed by atoms with E-state index in [2.05, 4.69) is 0 Å². The molecule has 0 saturated carbocycles. The minimum atomic E-state index is -0.433. The summed E-state index contributed by atoms with van der Waals surface area (Å²) in [5, 5.41) is 0. The molecule has 2 aromatic rings. The first-order chi connectivity index (χ1) is 9.10. The SMILES string of the molecule is COc1cccc(Oc2ccc([C@H](C)N)cc2F)c1. The molecule has 0 aliphatic heterocycles. The number of hydrogen-bond donors (Lipinski definition) is 1. The molecule has 0 amide bonds. The second-order valence-corrected chi connectivity index (χ2v) is 4.26. The minimum absolute atomic E-state index is 0.164. The van der Waals surface area contributed by atoms with Crippen LogP contribution in [0.1, 0.15) is 18.5 Å². The van der Waals surface area contributed by atoms with Gasteiger partial charge in [0.1, 0.15) is 11.5 Å². The van der Waals surface area contributed by atoms with E-state index in [1.165, 1.54) is 6.07 Å². The zero-order valence-electron chi connectivity index (χ0n) is 10.9. The van der Waals surface area contributed by atoms with Crippen molar-refractivity contribution in [2.75, 3.05) is 7.11 Å². The number of rotatable bonds is 4. The van der Waals surface area contributed by atoms with Crippen LogP contribution in [0.4, 0.5) is 4.39 Å². The molecule has 1 atom stereocenters. The molecule has 0 fully saturated rings. The van der Waals surface area contributed by atoms with E-state index in [0.717, 1.165) is 5.56 Å². The monoisotopic (exact) mass is 261 g/mol. The Morgan fingerprint density at radius 1 is 1.11 bits per heavy atom. The van der Waals surface area contributed by atoms with Crippen LogP contribution < -0.4 is 15.2 Å². The van der Waals surface area contributed by atoms with Gasteiger partial charge in [-0.1, -0.05) is 12.1 Å². The third kappa shape index (κ3) is 3.23. The van der Waals surface area contributed by atoms with Gasteiger partial charge in [0.15, 0.2) is 11.6 Å². The Bertz CT molecular complexity index is 570. The van der Waals surface area contributed by atoms with E-state index >= 15 is 0 Å². The van der Waals surface area contributed by atoms with Crippen molar-refractivity contribution in [3.63, 3.8) is 0 Å². The number of methoxy groups -OCH3 is 1. The lowest BCUT2D eigenvalue weighted by atomic mass is 10.1. The van der Waals surface area contributed by atoms with Crippen molar-refractivity contribution in [1.82, 2.24) is 0 Å². The van der Waals surface area contributed by atoms with E-state index in [-0.39, 0.29) is 11.8 Å². The molecule has 2 rings (SSSR count). The second-order valence-electron chi connectivity index (χ2n) is 4.26. The Morgan fingerprint density at radius 3 is 2.47 bits per heavy atom. The molecule has 0 aliphatic carbocycles. The maximum Gasteiger partial charge on any atom is 0.166 e. The van der Waals surface area contributed by atoms with Gasteiger partial charge >= 0.3 is 0 Å². The smallest absolute Gasteiger partial charge is 0.166 e. The standard InChI is InChI=1S/C15H16FNO2/c1-10(17)11-6-7-15(14(16)8-11)19-13-5-3-4-12(9-13)18-2/h3-10H,17H2,1-2H3/t10-/m0/s1. The van der Waals surface area contributed by atoms with Gasteiger partial charge in [0.25, 0.3) is 0 Å². The molecule has 2 N–H and O–H groups in total. The first-order valence-electron chi connectivity index (χ1n) is 5.97. The van der Waals surface area contributed by atoms with Crippen molar-refractivity contribution >= 4 is 0 Å². The van der Waals surface area contributed by atoms with Gasteiger partial charge in [-0.15, -0.1) is 0 Å².